The lowest BCUT2D eigenvalue weighted by molar-refractivity contribution is 0.773. The molecule has 0 saturated heterocycles. The van der Waals surface area contributed by atoms with Crippen molar-refractivity contribution in [2.75, 3.05) is 5.32 Å². The van der Waals surface area contributed by atoms with Crippen LogP contribution < -0.4 is 5.32 Å². The van der Waals surface area contributed by atoms with E-state index >= 15 is 0 Å². The fourth-order valence-electron chi connectivity index (χ4n) is 2.36. The zero-order valence-corrected chi connectivity index (χ0v) is 10.4. The van der Waals surface area contributed by atoms with E-state index in [9.17, 15) is 5.26 Å². The number of hydrogen-bond donors (Lipinski definition) is 1. The van der Waals surface area contributed by atoms with Crippen LogP contribution in [0.1, 0.15) is 25.3 Å². The first kappa shape index (κ1) is 11.0. The van der Waals surface area contributed by atoms with Crippen molar-refractivity contribution in [3.05, 3.63) is 35.9 Å². The summed E-state index contributed by atoms with van der Waals surface area (Å²) in [7, 11) is 0. The predicted octanol–water partition coefficient (Wildman–Crippen LogP) is 3.32. The van der Waals surface area contributed by atoms with Gasteiger partial charge in [0.25, 0.3) is 0 Å². The average molecular weight is 237 g/mol. The number of benzene rings is 1. The molecule has 2 aromatic rings. The van der Waals surface area contributed by atoms with Crippen LogP contribution in [0.25, 0.3) is 10.9 Å². The number of para-hydroxylation sites is 1. The number of anilines is 1. The third-order valence-electron chi connectivity index (χ3n) is 3.61. The molecule has 3 nitrogen and oxygen atoms in total. The van der Waals surface area contributed by atoms with Crippen LogP contribution in [0.5, 0.6) is 0 Å². The first-order valence-electron chi connectivity index (χ1n) is 6.38. The molecule has 1 fully saturated rings. The maximum Gasteiger partial charge on any atom is 0.144 e. The van der Waals surface area contributed by atoms with Gasteiger partial charge in [-0.05, 0) is 24.5 Å². The third-order valence-corrected chi connectivity index (χ3v) is 3.61. The first-order chi connectivity index (χ1) is 8.81. The fourth-order valence-corrected chi connectivity index (χ4v) is 2.36. The van der Waals surface area contributed by atoms with Gasteiger partial charge in [0.05, 0.1) is 11.1 Å². The monoisotopic (exact) mass is 237 g/mol. The van der Waals surface area contributed by atoms with E-state index in [0.717, 1.165) is 22.6 Å². The average Bonchev–Trinajstić information content (AvgIpc) is 3.16. The maximum absolute atomic E-state index is 9.20. The topological polar surface area (TPSA) is 48.7 Å². The van der Waals surface area contributed by atoms with E-state index in [0.29, 0.717) is 11.6 Å². The third kappa shape index (κ3) is 1.91. The van der Waals surface area contributed by atoms with E-state index in [1.807, 2.05) is 30.3 Å². The number of pyridine rings is 1. The van der Waals surface area contributed by atoms with Gasteiger partial charge in [-0.1, -0.05) is 31.5 Å². The van der Waals surface area contributed by atoms with Crippen molar-refractivity contribution in [3.8, 4) is 6.07 Å². The van der Waals surface area contributed by atoms with Gasteiger partial charge >= 0.3 is 0 Å². The van der Waals surface area contributed by atoms with Gasteiger partial charge in [0, 0.05) is 11.4 Å². The molecule has 1 aromatic heterocycles. The Bertz CT molecular complexity index is 627. The Hall–Kier alpha value is -2.08. The number of fused-ring (bicyclic) bond motifs is 1. The minimum atomic E-state index is 0.496. The van der Waals surface area contributed by atoms with Crippen LogP contribution in [0, 0.1) is 17.2 Å². The Labute approximate surface area is 106 Å². The quantitative estimate of drug-likeness (QED) is 0.890. The molecule has 1 aliphatic rings. The van der Waals surface area contributed by atoms with Crippen molar-refractivity contribution in [2.45, 2.75) is 25.8 Å². The number of rotatable bonds is 3. The molecule has 18 heavy (non-hydrogen) atoms. The second-order valence-electron chi connectivity index (χ2n) is 4.84. The summed E-state index contributed by atoms with van der Waals surface area (Å²) < 4.78 is 0. The van der Waals surface area contributed by atoms with Crippen LogP contribution in [0.2, 0.25) is 0 Å². The van der Waals surface area contributed by atoms with Gasteiger partial charge in [0.2, 0.25) is 0 Å². The number of nitrogens with one attached hydrogen (secondary N) is 1. The molecule has 0 radical (unpaired) electrons. The number of hydrogen-bond acceptors (Lipinski definition) is 3. The predicted molar refractivity (Wildman–Crippen MR) is 72.3 cm³/mol. The molecule has 0 bridgehead atoms. The van der Waals surface area contributed by atoms with Crippen LogP contribution in [-0.4, -0.2) is 11.0 Å². The van der Waals surface area contributed by atoms with Crippen molar-refractivity contribution in [3.63, 3.8) is 0 Å². The molecule has 0 unspecified atom stereocenters. The van der Waals surface area contributed by atoms with Crippen LogP contribution in [0.3, 0.4) is 0 Å². The summed E-state index contributed by atoms with van der Waals surface area (Å²) in [5, 5.41) is 13.6. The molecule has 1 aromatic carbocycles. The standard InChI is InChI=1S/C15H15N3/c1-2-10-8-14(10)18-15-12(9-16)7-11-5-3-4-6-13(11)17-15/h3-7,10,14H,2,8H2,1H3,(H,17,18)/t10-,14-/m1/s1. The van der Waals surface area contributed by atoms with Gasteiger partial charge in [0.15, 0.2) is 0 Å². The lowest BCUT2D eigenvalue weighted by atomic mass is 10.1. The summed E-state index contributed by atoms with van der Waals surface area (Å²) >= 11 is 0. The van der Waals surface area contributed by atoms with Gasteiger partial charge in [-0.25, -0.2) is 4.98 Å². The highest BCUT2D eigenvalue weighted by molar-refractivity contribution is 5.82. The Morgan fingerprint density at radius 1 is 1.44 bits per heavy atom. The molecule has 2 atom stereocenters. The lowest BCUT2D eigenvalue weighted by Crippen LogP contribution is -2.07. The summed E-state index contributed by atoms with van der Waals surface area (Å²) in [6.07, 6.45) is 2.38. The van der Waals surface area contributed by atoms with Crippen molar-refractivity contribution < 1.29 is 0 Å². The number of nitriles is 1. The second kappa shape index (κ2) is 4.30. The van der Waals surface area contributed by atoms with E-state index in [1.165, 1.54) is 12.8 Å². The summed E-state index contributed by atoms with van der Waals surface area (Å²) in [5.74, 6) is 1.47. The van der Waals surface area contributed by atoms with E-state index in [-0.39, 0.29) is 0 Å². The molecule has 1 saturated carbocycles. The molecular formula is C15H15N3. The van der Waals surface area contributed by atoms with E-state index in [1.54, 1.807) is 0 Å². The van der Waals surface area contributed by atoms with Gasteiger partial charge in [-0.15, -0.1) is 0 Å². The van der Waals surface area contributed by atoms with Crippen molar-refractivity contribution in [1.82, 2.24) is 4.98 Å². The Kier molecular flexibility index (Phi) is 2.64. The fraction of sp³-hybridized carbons (Fsp3) is 0.333. The number of nitrogens with zero attached hydrogens (tertiary/aromatic N) is 2. The summed E-state index contributed by atoms with van der Waals surface area (Å²) in [6.45, 7) is 2.20. The van der Waals surface area contributed by atoms with Gasteiger partial charge in [-0.3, -0.25) is 0 Å². The van der Waals surface area contributed by atoms with Gasteiger partial charge in [-0.2, -0.15) is 5.26 Å². The molecule has 0 aliphatic heterocycles. The van der Waals surface area contributed by atoms with Crippen molar-refractivity contribution in [1.29, 1.82) is 5.26 Å². The highest BCUT2D eigenvalue weighted by Crippen LogP contribution is 2.36. The minimum absolute atomic E-state index is 0.496. The van der Waals surface area contributed by atoms with Gasteiger partial charge in [0.1, 0.15) is 11.9 Å². The molecule has 3 rings (SSSR count). The lowest BCUT2D eigenvalue weighted by Gasteiger charge is -2.08. The molecule has 1 aliphatic carbocycles. The second-order valence-corrected chi connectivity index (χ2v) is 4.84. The summed E-state index contributed by atoms with van der Waals surface area (Å²) in [6, 6.07) is 12.5. The Morgan fingerprint density at radius 2 is 2.28 bits per heavy atom. The molecule has 0 amide bonds. The van der Waals surface area contributed by atoms with Crippen molar-refractivity contribution in [2.24, 2.45) is 5.92 Å². The molecule has 0 spiro atoms. The van der Waals surface area contributed by atoms with E-state index in [4.69, 9.17) is 0 Å². The van der Waals surface area contributed by atoms with E-state index < -0.39 is 0 Å². The SMILES string of the molecule is CC[C@@H]1C[C@H]1Nc1nc2ccccc2cc1C#N. The molecule has 1 N–H and O–H groups in total. The minimum Gasteiger partial charge on any atom is -0.366 e. The first-order valence-corrected chi connectivity index (χ1v) is 6.38. The normalized spacial score (nSPS) is 21.6. The maximum atomic E-state index is 9.20. The zero-order valence-electron chi connectivity index (χ0n) is 10.4. The van der Waals surface area contributed by atoms with Crippen molar-refractivity contribution >= 4 is 16.7 Å². The Balaban J connectivity index is 1.97. The highest BCUT2D eigenvalue weighted by atomic mass is 15.1. The van der Waals surface area contributed by atoms with Crippen LogP contribution in [0.15, 0.2) is 30.3 Å². The Morgan fingerprint density at radius 3 is 3.00 bits per heavy atom. The largest absolute Gasteiger partial charge is 0.366 e. The molecule has 1 heterocycles. The van der Waals surface area contributed by atoms with Gasteiger partial charge < -0.3 is 5.32 Å². The van der Waals surface area contributed by atoms with E-state index in [2.05, 4.69) is 23.3 Å². The van der Waals surface area contributed by atoms with Crippen LogP contribution in [0.4, 0.5) is 5.82 Å². The van der Waals surface area contributed by atoms with Crippen LogP contribution >= 0.6 is 0 Å². The van der Waals surface area contributed by atoms with Crippen LogP contribution in [-0.2, 0) is 0 Å². The smallest absolute Gasteiger partial charge is 0.144 e. The summed E-state index contributed by atoms with van der Waals surface area (Å²) in [4.78, 5) is 4.56. The highest BCUT2D eigenvalue weighted by Gasteiger charge is 2.35. The molecular weight excluding hydrogens is 222 g/mol. The molecule has 90 valence electrons. The summed E-state index contributed by atoms with van der Waals surface area (Å²) in [5.41, 5.74) is 1.57. The number of aromatic nitrogens is 1. The molecule has 3 heteroatoms. The zero-order chi connectivity index (χ0) is 12.5.